The summed E-state index contributed by atoms with van der Waals surface area (Å²) in [5.74, 6) is -0.0629. The number of carbonyl (C=O) groups excluding carboxylic acids is 1. The fraction of sp³-hybridized carbons (Fsp3) is 0.316. The van der Waals surface area contributed by atoms with Crippen LogP contribution in [-0.2, 0) is 21.3 Å². The molecule has 2 aromatic rings. The molecular formula is C19H21IO6S. The van der Waals surface area contributed by atoms with Crippen molar-refractivity contribution in [2.45, 2.75) is 24.7 Å². The lowest BCUT2D eigenvalue weighted by atomic mass is 10.1. The first-order valence-electron chi connectivity index (χ1n) is 8.35. The maximum atomic E-state index is 12.7. The fourth-order valence-corrected chi connectivity index (χ4v) is 3.76. The van der Waals surface area contributed by atoms with E-state index < -0.39 is 16.1 Å². The summed E-state index contributed by atoms with van der Waals surface area (Å²) < 4.78 is 42.1. The number of esters is 1. The lowest BCUT2D eigenvalue weighted by Gasteiger charge is -2.13. The van der Waals surface area contributed by atoms with Gasteiger partial charge in [-0.3, -0.25) is 0 Å². The zero-order valence-electron chi connectivity index (χ0n) is 15.1. The van der Waals surface area contributed by atoms with Crippen molar-refractivity contribution in [1.82, 2.24) is 0 Å². The average Bonchev–Trinajstić information content (AvgIpc) is 2.67. The van der Waals surface area contributed by atoms with Gasteiger partial charge in [-0.1, -0.05) is 41.6 Å². The smallest absolute Gasteiger partial charge is 0.340 e. The Morgan fingerprint density at radius 2 is 1.81 bits per heavy atom. The van der Waals surface area contributed by atoms with Crippen LogP contribution in [0.1, 0.15) is 29.3 Å². The molecule has 0 fully saturated rings. The Morgan fingerprint density at radius 3 is 2.48 bits per heavy atom. The number of ether oxygens (including phenoxy) is 2. The number of halogens is 1. The third-order valence-electron chi connectivity index (χ3n) is 3.66. The first kappa shape index (κ1) is 21.5. The van der Waals surface area contributed by atoms with Gasteiger partial charge < -0.3 is 13.7 Å². The van der Waals surface area contributed by atoms with Crippen LogP contribution >= 0.6 is 22.6 Å². The van der Waals surface area contributed by atoms with Crippen molar-refractivity contribution in [2.24, 2.45) is 0 Å². The Kier molecular flexibility index (Phi) is 7.91. The Balaban J connectivity index is 2.35. The topological polar surface area (TPSA) is 78.9 Å². The van der Waals surface area contributed by atoms with Crippen LogP contribution in [0.2, 0.25) is 0 Å². The summed E-state index contributed by atoms with van der Waals surface area (Å²) in [7, 11) is -3.03. The molecule has 2 rings (SSSR count). The van der Waals surface area contributed by atoms with Gasteiger partial charge in [0, 0.05) is 10.5 Å². The number of carbonyl (C=O) groups is 1. The second-order valence-electron chi connectivity index (χ2n) is 5.58. The van der Waals surface area contributed by atoms with E-state index in [2.05, 4.69) is 27.3 Å². The van der Waals surface area contributed by atoms with Gasteiger partial charge in [-0.25, -0.2) is 4.79 Å². The molecule has 0 saturated heterocycles. The second kappa shape index (κ2) is 9.93. The quantitative estimate of drug-likeness (QED) is 0.169. The van der Waals surface area contributed by atoms with Crippen molar-refractivity contribution in [3.05, 3.63) is 53.6 Å². The maximum absolute atomic E-state index is 12.7. The molecule has 8 heteroatoms. The van der Waals surface area contributed by atoms with Crippen molar-refractivity contribution in [2.75, 3.05) is 18.1 Å². The predicted octanol–water partition coefficient (Wildman–Crippen LogP) is 4.01. The minimum atomic E-state index is -4.22. The zero-order valence-corrected chi connectivity index (χ0v) is 18.1. The summed E-state index contributed by atoms with van der Waals surface area (Å²) >= 11 is 2.26. The van der Waals surface area contributed by atoms with E-state index in [0.29, 0.717) is 18.8 Å². The third-order valence-corrected chi connectivity index (χ3v) is 5.73. The second-order valence-corrected chi connectivity index (χ2v) is 8.18. The maximum Gasteiger partial charge on any atom is 0.340 e. The third kappa shape index (κ3) is 5.83. The van der Waals surface area contributed by atoms with Crippen molar-refractivity contribution >= 4 is 38.7 Å². The van der Waals surface area contributed by atoms with Gasteiger partial charge in [-0.15, -0.1) is 0 Å². The number of benzene rings is 2. The van der Waals surface area contributed by atoms with Crippen LogP contribution in [0.5, 0.6) is 11.5 Å². The molecule has 146 valence electrons. The normalized spacial score (nSPS) is 11.1. The minimum Gasteiger partial charge on any atom is -0.493 e. The molecule has 0 amide bonds. The monoisotopic (exact) mass is 504 g/mol. The van der Waals surface area contributed by atoms with E-state index in [0.717, 1.165) is 16.4 Å². The Hall–Kier alpha value is -1.81. The van der Waals surface area contributed by atoms with Gasteiger partial charge in [0.25, 0.3) is 0 Å². The van der Waals surface area contributed by atoms with E-state index in [4.69, 9.17) is 8.92 Å². The molecule has 2 aromatic carbocycles. The molecule has 27 heavy (non-hydrogen) atoms. The lowest BCUT2D eigenvalue weighted by molar-refractivity contribution is 0.0596. The molecule has 0 N–H and O–H groups in total. The number of hydrogen-bond acceptors (Lipinski definition) is 6. The van der Waals surface area contributed by atoms with E-state index in [1.165, 1.54) is 31.4 Å². The summed E-state index contributed by atoms with van der Waals surface area (Å²) in [5.41, 5.74) is 0.804. The number of rotatable bonds is 9. The number of hydrogen-bond donors (Lipinski definition) is 0. The molecule has 0 saturated carbocycles. The molecule has 0 aliphatic rings. The van der Waals surface area contributed by atoms with Crippen molar-refractivity contribution in [3.63, 3.8) is 0 Å². The van der Waals surface area contributed by atoms with Crippen LogP contribution < -0.4 is 8.92 Å². The van der Waals surface area contributed by atoms with Crippen molar-refractivity contribution in [3.8, 4) is 11.5 Å². The van der Waals surface area contributed by atoms with Gasteiger partial charge in [-0.2, -0.15) is 8.42 Å². The molecule has 0 aliphatic carbocycles. The van der Waals surface area contributed by atoms with Crippen LogP contribution in [-0.4, -0.2) is 32.5 Å². The van der Waals surface area contributed by atoms with E-state index in [1.54, 1.807) is 12.1 Å². The number of alkyl halides is 1. The largest absolute Gasteiger partial charge is 0.493 e. The van der Waals surface area contributed by atoms with Gasteiger partial charge in [0.05, 0.1) is 19.3 Å². The van der Waals surface area contributed by atoms with Crippen LogP contribution in [0.25, 0.3) is 0 Å². The zero-order chi connectivity index (χ0) is 19.9. The molecule has 0 radical (unpaired) electrons. The van der Waals surface area contributed by atoms with Crippen LogP contribution in [0, 0.1) is 0 Å². The standard InChI is InChI=1S/C19H21IO6S/c1-3-14-11-15(25-10-6-9-20)13-16(12-14)26-27(22,23)18-8-5-4-7-17(18)19(21)24-2/h4-5,7-8,11-13H,3,6,9-10H2,1-2H3. The first-order valence-corrected chi connectivity index (χ1v) is 11.3. The first-order chi connectivity index (χ1) is 12.9. The van der Waals surface area contributed by atoms with Crippen molar-refractivity contribution in [1.29, 1.82) is 0 Å². The Morgan fingerprint density at radius 1 is 1.11 bits per heavy atom. The Bertz CT molecular complexity index is 895. The predicted molar refractivity (Wildman–Crippen MR) is 110 cm³/mol. The minimum absolute atomic E-state index is 0.0786. The van der Waals surface area contributed by atoms with E-state index in [-0.39, 0.29) is 16.2 Å². The summed E-state index contributed by atoms with van der Waals surface area (Å²) in [6, 6.07) is 10.8. The summed E-state index contributed by atoms with van der Waals surface area (Å²) in [4.78, 5) is 11.6. The van der Waals surface area contributed by atoms with Crippen LogP contribution in [0.4, 0.5) is 0 Å². The molecule has 0 aromatic heterocycles. The van der Waals surface area contributed by atoms with Gasteiger partial charge in [-0.05, 0) is 42.7 Å². The summed E-state index contributed by atoms with van der Waals surface area (Å²) in [5, 5.41) is 0. The molecule has 0 aliphatic heterocycles. The fourth-order valence-electron chi connectivity index (χ4n) is 2.35. The molecule has 0 heterocycles. The van der Waals surface area contributed by atoms with Gasteiger partial charge >= 0.3 is 16.1 Å². The van der Waals surface area contributed by atoms with E-state index >= 15 is 0 Å². The SMILES string of the molecule is CCc1cc(OCCCI)cc(OS(=O)(=O)c2ccccc2C(=O)OC)c1. The van der Waals surface area contributed by atoms with Crippen LogP contribution in [0.3, 0.4) is 0 Å². The molecular weight excluding hydrogens is 483 g/mol. The van der Waals surface area contributed by atoms with Crippen LogP contribution in [0.15, 0.2) is 47.4 Å². The summed E-state index contributed by atoms with van der Waals surface area (Å²) in [6.07, 6.45) is 1.58. The average molecular weight is 504 g/mol. The number of methoxy groups -OCH3 is 1. The van der Waals surface area contributed by atoms with E-state index in [9.17, 15) is 13.2 Å². The Labute approximate surface area is 173 Å². The number of aryl methyl sites for hydroxylation is 1. The highest BCUT2D eigenvalue weighted by atomic mass is 127. The van der Waals surface area contributed by atoms with Crippen molar-refractivity contribution < 1.29 is 26.9 Å². The molecule has 0 atom stereocenters. The molecule has 0 bridgehead atoms. The van der Waals surface area contributed by atoms with Gasteiger partial charge in [0.2, 0.25) is 0 Å². The molecule has 0 spiro atoms. The molecule has 0 unspecified atom stereocenters. The molecule has 6 nitrogen and oxygen atoms in total. The summed E-state index contributed by atoms with van der Waals surface area (Å²) in [6.45, 7) is 2.49. The van der Waals surface area contributed by atoms with Gasteiger partial charge in [0.15, 0.2) is 0 Å². The van der Waals surface area contributed by atoms with Gasteiger partial charge in [0.1, 0.15) is 16.4 Å². The highest BCUT2D eigenvalue weighted by molar-refractivity contribution is 14.1. The lowest BCUT2D eigenvalue weighted by Crippen LogP contribution is -2.15. The highest BCUT2D eigenvalue weighted by Gasteiger charge is 2.25. The highest BCUT2D eigenvalue weighted by Crippen LogP contribution is 2.27. The van der Waals surface area contributed by atoms with E-state index in [1.807, 2.05) is 13.0 Å².